The van der Waals surface area contributed by atoms with E-state index in [0.717, 1.165) is 8.95 Å². The van der Waals surface area contributed by atoms with Gasteiger partial charge in [-0.1, -0.05) is 18.2 Å². The van der Waals surface area contributed by atoms with Crippen LogP contribution in [0.25, 0.3) is 0 Å². The quantitative estimate of drug-likeness (QED) is 0.735. The molecule has 1 heterocycles. The first-order valence-corrected chi connectivity index (χ1v) is 7.53. The van der Waals surface area contributed by atoms with E-state index in [0.29, 0.717) is 11.3 Å². The summed E-state index contributed by atoms with van der Waals surface area (Å²) < 4.78 is 1.48. The molecular formula is C13H9Br2N3OS. The number of anilines is 1. The number of nitrogens with zero attached hydrogens (tertiary/aromatic N) is 1. The molecule has 0 saturated carbocycles. The number of benzene rings is 1. The summed E-state index contributed by atoms with van der Waals surface area (Å²) in [6, 6.07) is 8.87. The maximum absolute atomic E-state index is 11.9. The Balaban J connectivity index is 2.05. The molecule has 1 amide bonds. The van der Waals surface area contributed by atoms with Gasteiger partial charge in [-0.3, -0.25) is 15.1 Å². The van der Waals surface area contributed by atoms with Gasteiger partial charge < -0.3 is 5.32 Å². The van der Waals surface area contributed by atoms with Gasteiger partial charge in [-0.2, -0.15) is 0 Å². The predicted molar refractivity (Wildman–Crippen MR) is 89.8 cm³/mol. The van der Waals surface area contributed by atoms with Crippen molar-refractivity contribution in [2.75, 3.05) is 5.32 Å². The monoisotopic (exact) mass is 413 g/mol. The lowest BCUT2D eigenvalue weighted by Gasteiger charge is -2.12. The molecule has 0 unspecified atom stereocenters. The van der Waals surface area contributed by atoms with Crippen LogP contribution in [0.5, 0.6) is 0 Å². The Labute approximate surface area is 138 Å². The molecular weight excluding hydrogens is 406 g/mol. The molecule has 2 aromatic rings. The van der Waals surface area contributed by atoms with Crippen molar-refractivity contribution in [1.82, 2.24) is 10.3 Å². The molecule has 0 fully saturated rings. The zero-order chi connectivity index (χ0) is 14.5. The van der Waals surface area contributed by atoms with Crippen LogP contribution in [0.3, 0.4) is 0 Å². The van der Waals surface area contributed by atoms with E-state index in [1.807, 2.05) is 6.07 Å². The highest BCUT2D eigenvalue weighted by Crippen LogP contribution is 2.29. The van der Waals surface area contributed by atoms with Gasteiger partial charge in [0.1, 0.15) is 0 Å². The van der Waals surface area contributed by atoms with E-state index in [2.05, 4.69) is 47.5 Å². The fraction of sp³-hybridized carbons (Fsp3) is 0. The first kappa shape index (κ1) is 15.1. The van der Waals surface area contributed by atoms with E-state index in [-0.39, 0.29) is 11.0 Å². The SMILES string of the molecule is O=C(NC(=S)Nc1c(Br)cncc1Br)c1ccccc1. The summed E-state index contributed by atoms with van der Waals surface area (Å²) in [5.41, 5.74) is 1.25. The minimum atomic E-state index is -0.260. The molecule has 4 nitrogen and oxygen atoms in total. The Kier molecular flexibility index (Phi) is 5.22. The normalized spacial score (nSPS) is 9.90. The highest BCUT2D eigenvalue weighted by atomic mass is 79.9. The molecule has 2 rings (SSSR count). The number of amides is 1. The molecule has 1 aromatic carbocycles. The molecule has 0 saturated heterocycles. The molecule has 0 aliphatic heterocycles. The lowest BCUT2D eigenvalue weighted by atomic mass is 10.2. The van der Waals surface area contributed by atoms with E-state index in [1.54, 1.807) is 36.7 Å². The third kappa shape index (κ3) is 3.84. The van der Waals surface area contributed by atoms with Gasteiger partial charge in [0.25, 0.3) is 5.91 Å². The maximum Gasteiger partial charge on any atom is 0.257 e. The minimum Gasteiger partial charge on any atom is -0.330 e. The number of carbonyl (C=O) groups excluding carboxylic acids is 1. The van der Waals surface area contributed by atoms with E-state index in [1.165, 1.54) is 0 Å². The van der Waals surface area contributed by atoms with Crippen molar-refractivity contribution in [2.24, 2.45) is 0 Å². The lowest BCUT2D eigenvalue weighted by molar-refractivity contribution is 0.0978. The van der Waals surface area contributed by atoms with Gasteiger partial charge in [0.2, 0.25) is 0 Å². The Morgan fingerprint density at radius 2 is 1.70 bits per heavy atom. The fourth-order valence-corrected chi connectivity index (χ4v) is 2.76. The predicted octanol–water partition coefficient (Wildman–Crippen LogP) is 3.73. The maximum atomic E-state index is 11.9. The smallest absolute Gasteiger partial charge is 0.257 e. The average molecular weight is 415 g/mol. The molecule has 0 spiro atoms. The fourth-order valence-electron chi connectivity index (χ4n) is 1.44. The van der Waals surface area contributed by atoms with Gasteiger partial charge in [0.15, 0.2) is 5.11 Å². The second-order valence-corrected chi connectivity index (χ2v) is 5.87. The van der Waals surface area contributed by atoms with Crippen LogP contribution in [0.4, 0.5) is 5.69 Å². The Bertz CT molecular complexity index is 629. The number of hydrogen-bond acceptors (Lipinski definition) is 3. The van der Waals surface area contributed by atoms with Crippen molar-refractivity contribution in [3.63, 3.8) is 0 Å². The Morgan fingerprint density at radius 1 is 1.10 bits per heavy atom. The van der Waals surface area contributed by atoms with Gasteiger partial charge in [-0.15, -0.1) is 0 Å². The molecule has 0 radical (unpaired) electrons. The van der Waals surface area contributed by atoms with Crippen molar-refractivity contribution < 1.29 is 4.79 Å². The number of pyridine rings is 1. The summed E-state index contributed by atoms with van der Waals surface area (Å²) in [5, 5.41) is 5.78. The molecule has 7 heteroatoms. The van der Waals surface area contributed by atoms with Crippen LogP contribution in [0.2, 0.25) is 0 Å². The standard InChI is InChI=1S/C13H9Br2N3OS/c14-9-6-16-7-10(15)11(9)17-13(20)18-12(19)8-4-2-1-3-5-8/h1-7H,(H2,16,17,18,19,20). The van der Waals surface area contributed by atoms with Crippen molar-refractivity contribution >= 4 is 60.8 Å². The van der Waals surface area contributed by atoms with E-state index >= 15 is 0 Å². The minimum absolute atomic E-state index is 0.214. The van der Waals surface area contributed by atoms with Crippen LogP contribution in [0.1, 0.15) is 10.4 Å². The number of hydrogen-bond donors (Lipinski definition) is 2. The van der Waals surface area contributed by atoms with Crippen LogP contribution in [-0.4, -0.2) is 16.0 Å². The zero-order valence-corrected chi connectivity index (χ0v) is 14.0. The topological polar surface area (TPSA) is 54.0 Å². The first-order valence-electron chi connectivity index (χ1n) is 5.54. The molecule has 102 valence electrons. The summed E-state index contributed by atoms with van der Waals surface area (Å²) in [6.07, 6.45) is 3.27. The lowest BCUT2D eigenvalue weighted by Crippen LogP contribution is -2.34. The van der Waals surface area contributed by atoms with Crippen LogP contribution < -0.4 is 10.6 Å². The Morgan fingerprint density at radius 3 is 2.30 bits per heavy atom. The van der Waals surface area contributed by atoms with Gasteiger partial charge in [-0.25, -0.2) is 0 Å². The van der Waals surface area contributed by atoms with Crippen LogP contribution >= 0.6 is 44.1 Å². The van der Waals surface area contributed by atoms with Crippen LogP contribution in [-0.2, 0) is 0 Å². The summed E-state index contributed by atoms with van der Waals surface area (Å²) in [5.74, 6) is -0.260. The summed E-state index contributed by atoms with van der Waals surface area (Å²) in [7, 11) is 0. The second-order valence-electron chi connectivity index (χ2n) is 3.75. The number of nitrogens with one attached hydrogen (secondary N) is 2. The number of rotatable bonds is 2. The third-order valence-electron chi connectivity index (χ3n) is 2.35. The highest BCUT2D eigenvalue weighted by Gasteiger charge is 2.10. The molecule has 0 aliphatic carbocycles. The molecule has 2 N–H and O–H groups in total. The molecule has 0 atom stereocenters. The number of halogens is 2. The van der Waals surface area contributed by atoms with Crippen molar-refractivity contribution in [2.45, 2.75) is 0 Å². The van der Waals surface area contributed by atoms with E-state index < -0.39 is 0 Å². The van der Waals surface area contributed by atoms with Crippen molar-refractivity contribution in [3.8, 4) is 0 Å². The third-order valence-corrected chi connectivity index (χ3v) is 3.76. The molecule has 1 aromatic heterocycles. The summed E-state index contributed by atoms with van der Waals surface area (Å²) in [6.45, 7) is 0. The Hall–Kier alpha value is -1.31. The largest absolute Gasteiger partial charge is 0.330 e. The van der Waals surface area contributed by atoms with Crippen LogP contribution in [0, 0.1) is 0 Å². The van der Waals surface area contributed by atoms with Crippen molar-refractivity contribution in [3.05, 3.63) is 57.2 Å². The van der Waals surface area contributed by atoms with Gasteiger partial charge >= 0.3 is 0 Å². The first-order chi connectivity index (χ1) is 9.58. The molecule has 0 bridgehead atoms. The number of thiocarbonyl (C=S) groups is 1. The number of aromatic nitrogens is 1. The van der Waals surface area contributed by atoms with Gasteiger partial charge in [0.05, 0.1) is 14.6 Å². The zero-order valence-electron chi connectivity index (χ0n) is 10.1. The summed E-state index contributed by atoms with van der Waals surface area (Å²) >= 11 is 11.8. The van der Waals surface area contributed by atoms with Crippen molar-refractivity contribution in [1.29, 1.82) is 0 Å². The second kappa shape index (κ2) is 6.92. The van der Waals surface area contributed by atoms with E-state index in [4.69, 9.17) is 12.2 Å². The van der Waals surface area contributed by atoms with Gasteiger partial charge in [0, 0.05) is 18.0 Å². The molecule has 0 aliphatic rings. The molecule has 20 heavy (non-hydrogen) atoms. The van der Waals surface area contributed by atoms with Gasteiger partial charge in [-0.05, 0) is 56.2 Å². The highest BCUT2D eigenvalue weighted by molar-refractivity contribution is 9.11. The van der Waals surface area contributed by atoms with Crippen LogP contribution in [0.15, 0.2) is 51.7 Å². The average Bonchev–Trinajstić information content (AvgIpc) is 2.44. The number of carbonyl (C=O) groups is 1. The van der Waals surface area contributed by atoms with E-state index in [9.17, 15) is 4.79 Å². The summed E-state index contributed by atoms with van der Waals surface area (Å²) in [4.78, 5) is 15.9.